The first-order valence-corrected chi connectivity index (χ1v) is 5.99. The predicted molar refractivity (Wildman–Crippen MR) is 66.3 cm³/mol. The number of alkyl halides is 3. The summed E-state index contributed by atoms with van der Waals surface area (Å²) in [6, 6.07) is 5.28. The lowest BCUT2D eigenvalue weighted by molar-refractivity contribution is -0.274. The van der Waals surface area contributed by atoms with E-state index >= 15 is 0 Å². The monoisotopic (exact) mass is 291 g/mol. The molecule has 1 atom stereocenters. The molecule has 1 unspecified atom stereocenters. The second kappa shape index (κ2) is 6.13. The molecular formula is C13H16F3NO3. The average Bonchev–Trinajstić information content (AvgIpc) is 2.35. The largest absolute Gasteiger partial charge is 0.573 e. The number of nitrogens with one attached hydrogen (secondary N) is 1. The Kier molecular flexibility index (Phi) is 4.99. The first-order valence-electron chi connectivity index (χ1n) is 5.99. The van der Waals surface area contributed by atoms with Crippen molar-refractivity contribution in [3.8, 4) is 5.75 Å². The van der Waals surface area contributed by atoms with Gasteiger partial charge in [0.05, 0.1) is 0 Å². The second-order valence-electron chi connectivity index (χ2n) is 4.54. The van der Waals surface area contributed by atoms with Crippen LogP contribution in [0.1, 0.15) is 25.8 Å². The van der Waals surface area contributed by atoms with E-state index in [-0.39, 0.29) is 12.3 Å². The van der Waals surface area contributed by atoms with E-state index in [4.69, 9.17) is 5.11 Å². The van der Waals surface area contributed by atoms with Crippen molar-refractivity contribution in [3.63, 3.8) is 0 Å². The minimum atomic E-state index is -4.72. The summed E-state index contributed by atoms with van der Waals surface area (Å²) in [4.78, 5) is 11.1. The molecule has 20 heavy (non-hydrogen) atoms. The number of halogens is 3. The zero-order chi connectivity index (χ0) is 15.4. The number of hydrogen-bond acceptors (Lipinski definition) is 3. The zero-order valence-electron chi connectivity index (χ0n) is 11.1. The lowest BCUT2D eigenvalue weighted by Crippen LogP contribution is -2.48. The number of aliphatic carboxylic acids is 1. The summed E-state index contributed by atoms with van der Waals surface area (Å²) in [6.45, 7) is 3.53. The van der Waals surface area contributed by atoms with Crippen molar-refractivity contribution in [2.45, 2.75) is 38.7 Å². The molecule has 1 aromatic rings. The topological polar surface area (TPSA) is 58.6 Å². The Labute approximate surface area is 114 Å². The van der Waals surface area contributed by atoms with Gasteiger partial charge >= 0.3 is 12.3 Å². The van der Waals surface area contributed by atoms with Crippen molar-refractivity contribution in [2.24, 2.45) is 0 Å². The molecule has 0 spiro atoms. The summed E-state index contributed by atoms with van der Waals surface area (Å²) >= 11 is 0. The Balaban J connectivity index is 2.64. The van der Waals surface area contributed by atoms with Crippen LogP contribution < -0.4 is 10.1 Å². The van der Waals surface area contributed by atoms with E-state index in [1.807, 2.05) is 0 Å². The maximum Gasteiger partial charge on any atom is 0.573 e. The van der Waals surface area contributed by atoms with E-state index in [0.717, 1.165) is 0 Å². The van der Waals surface area contributed by atoms with Gasteiger partial charge in [-0.1, -0.05) is 19.1 Å². The first kappa shape index (κ1) is 16.3. The summed E-state index contributed by atoms with van der Waals surface area (Å²) in [5, 5.41) is 11.9. The Morgan fingerprint density at radius 1 is 1.30 bits per heavy atom. The number of benzene rings is 1. The van der Waals surface area contributed by atoms with Gasteiger partial charge in [0, 0.05) is 6.54 Å². The predicted octanol–water partition coefficient (Wildman–Crippen LogP) is 2.93. The van der Waals surface area contributed by atoms with Crippen LogP contribution in [0.15, 0.2) is 24.3 Å². The summed E-state index contributed by atoms with van der Waals surface area (Å²) in [6.07, 6.45) is -4.33. The molecule has 0 aliphatic rings. The highest BCUT2D eigenvalue weighted by molar-refractivity contribution is 5.78. The van der Waals surface area contributed by atoms with Crippen LogP contribution in [0.5, 0.6) is 5.75 Å². The number of carboxylic acid groups (broad SMARTS) is 1. The van der Waals surface area contributed by atoms with Gasteiger partial charge in [-0.3, -0.25) is 10.1 Å². The fraction of sp³-hybridized carbons (Fsp3) is 0.462. The molecule has 0 fully saturated rings. The normalized spacial score (nSPS) is 14.7. The molecule has 1 aromatic carbocycles. The van der Waals surface area contributed by atoms with Crippen molar-refractivity contribution in [3.05, 3.63) is 29.8 Å². The number of carboxylic acids is 1. The molecule has 7 heteroatoms. The quantitative estimate of drug-likeness (QED) is 0.846. The van der Waals surface area contributed by atoms with Crippen LogP contribution in [0.2, 0.25) is 0 Å². The molecule has 2 N–H and O–H groups in total. The highest BCUT2D eigenvalue weighted by Crippen LogP contribution is 2.23. The minimum Gasteiger partial charge on any atom is -0.480 e. The van der Waals surface area contributed by atoms with E-state index in [1.54, 1.807) is 13.8 Å². The smallest absolute Gasteiger partial charge is 0.480 e. The van der Waals surface area contributed by atoms with Crippen molar-refractivity contribution >= 4 is 5.97 Å². The molecule has 0 radical (unpaired) electrons. The second-order valence-corrected chi connectivity index (χ2v) is 4.54. The summed E-state index contributed by atoms with van der Waals surface area (Å²) in [5.41, 5.74) is -0.401. The van der Waals surface area contributed by atoms with Gasteiger partial charge in [0.1, 0.15) is 11.3 Å². The lowest BCUT2D eigenvalue weighted by atomic mass is 9.99. The molecule has 0 heterocycles. The van der Waals surface area contributed by atoms with E-state index in [2.05, 4.69) is 10.1 Å². The molecular weight excluding hydrogens is 275 g/mol. The maximum absolute atomic E-state index is 12.0. The molecule has 0 amide bonds. The van der Waals surface area contributed by atoms with E-state index < -0.39 is 17.9 Å². The summed E-state index contributed by atoms with van der Waals surface area (Å²) in [7, 11) is 0. The van der Waals surface area contributed by atoms with Gasteiger partial charge in [-0.2, -0.15) is 0 Å². The van der Waals surface area contributed by atoms with Crippen molar-refractivity contribution < 1.29 is 27.8 Å². The summed E-state index contributed by atoms with van der Waals surface area (Å²) < 4.78 is 39.7. The van der Waals surface area contributed by atoms with E-state index in [0.29, 0.717) is 12.0 Å². The van der Waals surface area contributed by atoms with Gasteiger partial charge in [0.25, 0.3) is 0 Å². The number of ether oxygens (including phenoxy) is 1. The maximum atomic E-state index is 12.0. The molecule has 0 aliphatic carbocycles. The molecule has 0 saturated heterocycles. The Hall–Kier alpha value is -1.76. The van der Waals surface area contributed by atoms with Gasteiger partial charge in [0.2, 0.25) is 0 Å². The minimum absolute atomic E-state index is 0.239. The summed E-state index contributed by atoms with van der Waals surface area (Å²) in [5.74, 6) is -1.28. The van der Waals surface area contributed by atoms with Crippen LogP contribution in [0.25, 0.3) is 0 Å². The molecule has 112 valence electrons. The van der Waals surface area contributed by atoms with Crippen LogP contribution in [-0.2, 0) is 11.3 Å². The number of carbonyl (C=O) groups is 1. The molecule has 0 aliphatic heterocycles. The molecule has 0 aromatic heterocycles. The van der Waals surface area contributed by atoms with Gasteiger partial charge in [-0.05, 0) is 31.0 Å². The Morgan fingerprint density at radius 3 is 2.25 bits per heavy atom. The number of rotatable bonds is 6. The van der Waals surface area contributed by atoms with Gasteiger partial charge in [-0.25, -0.2) is 0 Å². The lowest BCUT2D eigenvalue weighted by Gasteiger charge is -2.24. The van der Waals surface area contributed by atoms with Crippen LogP contribution in [0.3, 0.4) is 0 Å². The van der Waals surface area contributed by atoms with E-state index in [9.17, 15) is 18.0 Å². The van der Waals surface area contributed by atoms with Gasteiger partial charge in [-0.15, -0.1) is 13.2 Å². The third-order valence-electron chi connectivity index (χ3n) is 3.02. The SMILES string of the molecule is CCC(C)(NCc1ccc(OC(F)(F)F)cc1)C(=O)O. The Morgan fingerprint density at radius 2 is 1.85 bits per heavy atom. The molecule has 0 bridgehead atoms. The van der Waals surface area contributed by atoms with Crippen molar-refractivity contribution in [1.82, 2.24) is 5.32 Å². The van der Waals surface area contributed by atoms with E-state index in [1.165, 1.54) is 24.3 Å². The Bertz CT molecular complexity index is 459. The molecule has 0 saturated carbocycles. The third kappa shape index (κ3) is 4.73. The van der Waals surface area contributed by atoms with Crippen molar-refractivity contribution in [1.29, 1.82) is 0 Å². The average molecular weight is 291 g/mol. The third-order valence-corrected chi connectivity index (χ3v) is 3.02. The fourth-order valence-electron chi connectivity index (χ4n) is 1.46. The van der Waals surface area contributed by atoms with Crippen LogP contribution in [0, 0.1) is 0 Å². The van der Waals surface area contributed by atoms with Crippen molar-refractivity contribution in [2.75, 3.05) is 0 Å². The highest BCUT2D eigenvalue weighted by atomic mass is 19.4. The van der Waals surface area contributed by atoms with Crippen LogP contribution in [-0.4, -0.2) is 23.0 Å². The number of hydrogen-bond donors (Lipinski definition) is 2. The molecule has 4 nitrogen and oxygen atoms in total. The van der Waals surface area contributed by atoms with Crippen LogP contribution >= 0.6 is 0 Å². The highest BCUT2D eigenvalue weighted by Gasteiger charge is 2.31. The zero-order valence-corrected chi connectivity index (χ0v) is 11.1. The standard InChI is InChI=1S/C13H16F3NO3/c1-3-12(2,11(18)19)17-8-9-4-6-10(7-5-9)20-13(14,15)16/h4-7,17H,3,8H2,1-2H3,(H,18,19). The van der Waals surface area contributed by atoms with Crippen LogP contribution in [0.4, 0.5) is 13.2 Å². The van der Waals surface area contributed by atoms with Gasteiger partial charge < -0.3 is 9.84 Å². The molecule has 1 rings (SSSR count). The fourth-order valence-corrected chi connectivity index (χ4v) is 1.46. The first-order chi connectivity index (χ1) is 9.16. The van der Waals surface area contributed by atoms with Gasteiger partial charge in [0.15, 0.2) is 0 Å².